The van der Waals surface area contributed by atoms with E-state index in [0.29, 0.717) is 6.07 Å². The largest absolute Gasteiger partial charge is 0.342 e. The second-order valence-electron chi connectivity index (χ2n) is 2.50. The second kappa shape index (κ2) is 3.34. The topological polar surface area (TPSA) is 38.9 Å². The molecule has 0 saturated carbocycles. The summed E-state index contributed by atoms with van der Waals surface area (Å²) >= 11 is 5.47. The lowest BCUT2D eigenvalue weighted by Gasteiger charge is -1.99. The van der Waals surface area contributed by atoms with Crippen molar-refractivity contribution in [2.75, 3.05) is 0 Å². The van der Waals surface area contributed by atoms with E-state index >= 15 is 0 Å². The molecule has 1 aromatic carbocycles. The fraction of sp³-hybridized carbons (Fsp3) is 0. The number of nitrogens with zero attached hydrogens (tertiary/aromatic N) is 2. The third kappa shape index (κ3) is 1.46. The van der Waals surface area contributed by atoms with Crippen LogP contribution in [0.4, 0.5) is 8.78 Å². The van der Waals surface area contributed by atoms with Gasteiger partial charge in [0.05, 0.1) is 10.6 Å². The minimum absolute atomic E-state index is 0.00477. The normalized spacial score (nSPS) is 10.5. The molecular weight excluding hydrogens is 214 g/mol. The molecule has 1 aromatic heterocycles. The summed E-state index contributed by atoms with van der Waals surface area (Å²) in [7, 11) is 0. The van der Waals surface area contributed by atoms with Gasteiger partial charge in [-0.3, -0.25) is 0 Å². The van der Waals surface area contributed by atoms with Crippen LogP contribution < -0.4 is 0 Å². The molecule has 3 nitrogen and oxygen atoms in total. The molecule has 0 radical (unpaired) electrons. The van der Waals surface area contributed by atoms with Gasteiger partial charge in [0.1, 0.15) is 11.6 Å². The smallest absolute Gasteiger partial charge is 0.214 e. The highest BCUT2D eigenvalue weighted by Gasteiger charge is 2.13. The van der Waals surface area contributed by atoms with Crippen LogP contribution in [-0.4, -0.2) is 10.1 Å². The Morgan fingerprint density at radius 2 is 2.00 bits per heavy atom. The van der Waals surface area contributed by atoms with Crippen molar-refractivity contribution in [3.8, 4) is 11.4 Å². The molecule has 0 aliphatic heterocycles. The first-order valence-corrected chi connectivity index (χ1v) is 3.97. The molecule has 1 heterocycles. The van der Waals surface area contributed by atoms with E-state index < -0.39 is 11.6 Å². The molecule has 14 heavy (non-hydrogen) atoms. The van der Waals surface area contributed by atoms with E-state index in [1.54, 1.807) is 0 Å². The zero-order chi connectivity index (χ0) is 10.1. The molecule has 0 fully saturated rings. The summed E-state index contributed by atoms with van der Waals surface area (Å²) < 4.78 is 30.4. The lowest BCUT2D eigenvalue weighted by Crippen LogP contribution is -1.89. The van der Waals surface area contributed by atoms with Gasteiger partial charge in [0, 0.05) is 6.07 Å². The van der Waals surface area contributed by atoms with Gasteiger partial charge >= 0.3 is 0 Å². The van der Waals surface area contributed by atoms with Gasteiger partial charge in [0.25, 0.3) is 0 Å². The third-order valence-corrected chi connectivity index (χ3v) is 1.90. The van der Waals surface area contributed by atoms with E-state index in [9.17, 15) is 8.78 Å². The zero-order valence-electron chi connectivity index (χ0n) is 6.67. The molecule has 0 amide bonds. The second-order valence-corrected chi connectivity index (χ2v) is 2.91. The maximum Gasteiger partial charge on any atom is 0.214 e. The Bertz CT molecular complexity index is 459. The van der Waals surface area contributed by atoms with Crippen molar-refractivity contribution in [1.82, 2.24) is 10.1 Å². The summed E-state index contributed by atoms with van der Waals surface area (Å²) in [6.07, 6.45) is 1.05. The van der Waals surface area contributed by atoms with Crippen molar-refractivity contribution >= 4 is 11.6 Å². The number of halogens is 3. The molecule has 0 N–H and O–H groups in total. The average molecular weight is 217 g/mol. The number of hydrogen-bond acceptors (Lipinski definition) is 3. The number of benzene rings is 1. The van der Waals surface area contributed by atoms with Crippen LogP contribution in [0.15, 0.2) is 23.0 Å². The third-order valence-electron chi connectivity index (χ3n) is 1.61. The van der Waals surface area contributed by atoms with Crippen LogP contribution in [0.5, 0.6) is 0 Å². The molecule has 0 atom stereocenters. The van der Waals surface area contributed by atoms with Crippen LogP contribution in [0, 0.1) is 11.6 Å². The molecule has 6 heteroatoms. The standard InChI is InChI=1S/C8H3ClF2N2O/c9-5-1-4(6(10)2-7(5)11)8-12-3-14-13-8/h1-3H. The van der Waals surface area contributed by atoms with Gasteiger partial charge in [-0.15, -0.1) is 0 Å². The van der Waals surface area contributed by atoms with E-state index in [1.165, 1.54) is 0 Å². The highest BCUT2D eigenvalue weighted by molar-refractivity contribution is 6.31. The fourth-order valence-corrected chi connectivity index (χ4v) is 1.15. The lowest BCUT2D eigenvalue weighted by molar-refractivity contribution is 0.418. The molecule has 0 spiro atoms. The Kier molecular flexibility index (Phi) is 2.17. The minimum atomic E-state index is -0.823. The van der Waals surface area contributed by atoms with Crippen LogP contribution in [0.1, 0.15) is 0 Å². The molecular formula is C8H3ClF2N2O. The Hall–Kier alpha value is -1.49. The van der Waals surface area contributed by atoms with Crippen LogP contribution in [0.25, 0.3) is 11.4 Å². The Morgan fingerprint density at radius 1 is 1.21 bits per heavy atom. The van der Waals surface area contributed by atoms with Gasteiger partial charge in [-0.1, -0.05) is 16.8 Å². The first-order valence-electron chi connectivity index (χ1n) is 3.60. The molecule has 0 aliphatic carbocycles. The Labute approximate surface area is 82.3 Å². The Balaban J connectivity index is 2.60. The van der Waals surface area contributed by atoms with Gasteiger partial charge in [0.15, 0.2) is 0 Å². The first kappa shape index (κ1) is 9.08. The van der Waals surface area contributed by atoms with Crippen molar-refractivity contribution in [1.29, 1.82) is 0 Å². The van der Waals surface area contributed by atoms with Crippen LogP contribution in [-0.2, 0) is 0 Å². The highest BCUT2D eigenvalue weighted by Crippen LogP contribution is 2.25. The van der Waals surface area contributed by atoms with Crippen LogP contribution in [0.2, 0.25) is 5.02 Å². The molecule has 0 aliphatic rings. The van der Waals surface area contributed by atoms with Gasteiger partial charge in [-0.2, -0.15) is 4.98 Å². The van der Waals surface area contributed by atoms with Gasteiger partial charge in [0.2, 0.25) is 12.2 Å². The van der Waals surface area contributed by atoms with Gasteiger partial charge < -0.3 is 4.52 Å². The average Bonchev–Trinajstić information content (AvgIpc) is 2.64. The molecule has 0 saturated heterocycles. The number of rotatable bonds is 1. The monoisotopic (exact) mass is 216 g/mol. The van der Waals surface area contributed by atoms with Crippen molar-refractivity contribution in [2.45, 2.75) is 0 Å². The van der Waals surface area contributed by atoms with E-state index in [2.05, 4.69) is 14.7 Å². The van der Waals surface area contributed by atoms with Crippen molar-refractivity contribution in [3.05, 3.63) is 35.2 Å². The Morgan fingerprint density at radius 3 is 2.64 bits per heavy atom. The maximum atomic E-state index is 13.2. The van der Waals surface area contributed by atoms with Crippen molar-refractivity contribution in [3.63, 3.8) is 0 Å². The number of hydrogen-bond donors (Lipinski definition) is 0. The van der Waals surface area contributed by atoms with Gasteiger partial charge in [-0.25, -0.2) is 8.78 Å². The summed E-state index contributed by atoms with van der Waals surface area (Å²) in [6.45, 7) is 0. The summed E-state index contributed by atoms with van der Waals surface area (Å²) in [5.41, 5.74) is 0.00477. The molecule has 2 rings (SSSR count). The summed E-state index contributed by atoms with van der Waals surface area (Å²) in [5.74, 6) is -1.57. The summed E-state index contributed by atoms with van der Waals surface area (Å²) in [5, 5.41) is 3.22. The summed E-state index contributed by atoms with van der Waals surface area (Å²) in [6, 6.07) is 1.78. The predicted molar refractivity (Wildman–Crippen MR) is 44.7 cm³/mol. The zero-order valence-corrected chi connectivity index (χ0v) is 7.42. The maximum absolute atomic E-state index is 13.2. The van der Waals surface area contributed by atoms with Crippen LogP contribution >= 0.6 is 11.6 Å². The van der Waals surface area contributed by atoms with Crippen molar-refractivity contribution in [2.24, 2.45) is 0 Å². The lowest BCUT2D eigenvalue weighted by atomic mass is 10.2. The molecule has 2 aromatic rings. The van der Waals surface area contributed by atoms with E-state index in [4.69, 9.17) is 11.6 Å². The SMILES string of the molecule is Fc1cc(F)c(-c2ncon2)cc1Cl. The highest BCUT2D eigenvalue weighted by atomic mass is 35.5. The number of aromatic nitrogens is 2. The van der Waals surface area contributed by atoms with E-state index in [1.807, 2.05) is 0 Å². The first-order chi connectivity index (χ1) is 6.68. The van der Waals surface area contributed by atoms with Crippen molar-refractivity contribution < 1.29 is 13.3 Å². The van der Waals surface area contributed by atoms with E-state index in [-0.39, 0.29) is 16.4 Å². The van der Waals surface area contributed by atoms with E-state index in [0.717, 1.165) is 12.5 Å². The minimum Gasteiger partial charge on any atom is -0.342 e. The quantitative estimate of drug-likeness (QED) is 0.688. The fourth-order valence-electron chi connectivity index (χ4n) is 0.983. The molecule has 0 unspecified atom stereocenters. The summed E-state index contributed by atoms with van der Waals surface area (Å²) in [4.78, 5) is 3.62. The molecule has 72 valence electrons. The predicted octanol–water partition coefficient (Wildman–Crippen LogP) is 2.67. The van der Waals surface area contributed by atoms with Gasteiger partial charge in [-0.05, 0) is 6.07 Å². The van der Waals surface area contributed by atoms with Crippen LogP contribution in [0.3, 0.4) is 0 Å². The molecule has 0 bridgehead atoms.